The van der Waals surface area contributed by atoms with Gasteiger partial charge in [0.15, 0.2) is 0 Å². The molecule has 7 rings (SSSR count). The molecule has 2 amide bonds. The number of hydrogen-bond donors (Lipinski definition) is 1. The number of fused-ring (bicyclic) bond motifs is 4. The number of nitrogens with one attached hydrogen (secondary N) is 1. The number of methoxy groups -OCH3 is 1. The summed E-state index contributed by atoms with van der Waals surface area (Å²) in [4.78, 5) is 29.9. The van der Waals surface area contributed by atoms with Crippen LogP contribution in [-0.2, 0) is 44.8 Å². The van der Waals surface area contributed by atoms with E-state index in [9.17, 15) is 13.8 Å². The number of ether oxygens (including phenoxy) is 2. The minimum Gasteiger partial charge on any atom is -0.490 e. The van der Waals surface area contributed by atoms with Crippen molar-refractivity contribution in [3.05, 3.63) is 88.8 Å². The lowest BCUT2D eigenvalue weighted by Crippen LogP contribution is -2.49. The number of carbonyl (C=O) groups excluding carboxylic acids is 2. The molecule has 2 bridgehead atoms. The van der Waals surface area contributed by atoms with Gasteiger partial charge in [0, 0.05) is 56.5 Å². The molecule has 1 saturated carbocycles. The van der Waals surface area contributed by atoms with Gasteiger partial charge in [0.25, 0.3) is 5.91 Å². The fourth-order valence-electron chi connectivity index (χ4n) is 8.90. The molecule has 2 aliphatic carbocycles. The first-order valence-corrected chi connectivity index (χ1v) is 20.6. The lowest BCUT2D eigenvalue weighted by atomic mass is 9.68. The number of benzene rings is 2. The smallest absolute Gasteiger partial charge is 0.286 e. The highest BCUT2D eigenvalue weighted by Crippen LogP contribution is 2.47. The van der Waals surface area contributed by atoms with Crippen LogP contribution in [-0.4, -0.2) is 64.0 Å². The fourth-order valence-corrected chi connectivity index (χ4v) is 11.0. The van der Waals surface area contributed by atoms with Gasteiger partial charge in [-0.2, -0.15) is 5.10 Å². The Hall–Kier alpha value is -3.96. The van der Waals surface area contributed by atoms with E-state index in [0.29, 0.717) is 49.7 Å². The normalized spacial score (nSPS) is 29.5. The van der Waals surface area contributed by atoms with Crippen molar-refractivity contribution in [2.75, 3.05) is 31.7 Å². The molecule has 1 spiro atoms. The second-order valence-corrected chi connectivity index (χ2v) is 17.5. The standard InChI is InChI=1S/C41H53N5O5S/c1-5-33-10-6-7-11-37(50-4)34-16-13-31(34)25-46-26-41(21-8-9-29-23-28(2)12-17-35(29)41)27-51-38-18-14-30(24-36(38)46)40(48)44-52(33,49)43-39(47)19-15-32-20-22-42-45(32)3/h7,11-12,14,17-18,20,22-24,31,33-34,37H,5-6,8-10,13,15-16,19,21,25-27H2,1-4H3,(H,43,44,47,48,49)/b11-7+. The third-order valence-electron chi connectivity index (χ3n) is 12.0. The molecule has 2 aliphatic heterocycles. The summed E-state index contributed by atoms with van der Waals surface area (Å²) >= 11 is 0. The van der Waals surface area contributed by atoms with Crippen LogP contribution in [0, 0.1) is 18.8 Å². The van der Waals surface area contributed by atoms with Crippen LogP contribution in [0.4, 0.5) is 5.69 Å². The molecule has 4 aliphatic rings. The number of amides is 2. The van der Waals surface area contributed by atoms with E-state index in [2.05, 4.69) is 56.4 Å². The Morgan fingerprint density at radius 3 is 2.77 bits per heavy atom. The summed E-state index contributed by atoms with van der Waals surface area (Å²) in [6.07, 6.45) is 13.5. The number of nitrogens with zero attached hydrogens (tertiary/aromatic N) is 4. The van der Waals surface area contributed by atoms with Crippen molar-refractivity contribution in [2.24, 2.45) is 23.2 Å². The van der Waals surface area contributed by atoms with Crippen LogP contribution in [0.1, 0.15) is 91.0 Å². The number of aromatic nitrogens is 2. The molecule has 10 nitrogen and oxygen atoms in total. The van der Waals surface area contributed by atoms with E-state index < -0.39 is 27.0 Å². The van der Waals surface area contributed by atoms with E-state index in [1.54, 1.807) is 24.1 Å². The van der Waals surface area contributed by atoms with E-state index >= 15 is 0 Å². The Balaban J connectivity index is 1.28. The molecule has 0 saturated heterocycles. The fraction of sp³-hybridized carbons (Fsp3) is 0.537. The van der Waals surface area contributed by atoms with Crippen molar-refractivity contribution < 1.29 is 23.3 Å². The maximum atomic E-state index is 14.8. The van der Waals surface area contributed by atoms with E-state index in [0.717, 1.165) is 62.3 Å². The first kappa shape index (κ1) is 36.4. The van der Waals surface area contributed by atoms with Crippen molar-refractivity contribution in [1.29, 1.82) is 0 Å². The van der Waals surface area contributed by atoms with Crippen molar-refractivity contribution in [1.82, 2.24) is 14.5 Å². The van der Waals surface area contributed by atoms with Crippen LogP contribution in [0.2, 0.25) is 0 Å². The molecule has 3 heterocycles. The van der Waals surface area contributed by atoms with Gasteiger partial charge in [-0.15, -0.1) is 4.36 Å². The topological polar surface area (TPSA) is 115 Å². The molecule has 6 unspecified atom stereocenters. The average molecular weight is 728 g/mol. The highest BCUT2D eigenvalue weighted by molar-refractivity contribution is 7.93. The lowest BCUT2D eigenvalue weighted by Gasteiger charge is -2.46. The van der Waals surface area contributed by atoms with Gasteiger partial charge in [-0.3, -0.25) is 19.0 Å². The second kappa shape index (κ2) is 15.2. The maximum absolute atomic E-state index is 14.8. The van der Waals surface area contributed by atoms with Crippen LogP contribution in [0.3, 0.4) is 0 Å². The van der Waals surface area contributed by atoms with Gasteiger partial charge >= 0.3 is 0 Å². The minimum absolute atomic E-state index is 0.0320. The number of rotatable bonds is 6. The van der Waals surface area contributed by atoms with Gasteiger partial charge in [0.1, 0.15) is 15.7 Å². The third kappa shape index (κ3) is 7.31. The highest BCUT2D eigenvalue weighted by atomic mass is 32.2. The average Bonchev–Trinajstić information content (AvgIpc) is 3.47. The Kier molecular flexibility index (Phi) is 10.6. The summed E-state index contributed by atoms with van der Waals surface area (Å²) in [6, 6.07) is 14.2. The Bertz CT molecular complexity index is 1960. The van der Waals surface area contributed by atoms with Crippen molar-refractivity contribution in [3.63, 3.8) is 0 Å². The summed E-state index contributed by atoms with van der Waals surface area (Å²) < 4.78 is 36.5. The zero-order chi connectivity index (χ0) is 36.5. The number of carbonyl (C=O) groups is 2. The predicted molar refractivity (Wildman–Crippen MR) is 204 cm³/mol. The molecule has 278 valence electrons. The summed E-state index contributed by atoms with van der Waals surface area (Å²) in [5, 5.41) is 3.66. The molecule has 52 heavy (non-hydrogen) atoms. The lowest BCUT2D eigenvalue weighted by molar-refractivity contribution is -0.119. The van der Waals surface area contributed by atoms with Gasteiger partial charge in [-0.1, -0.05) is 42.8 Å². The van der Waals surface area contributed by atoms with Crippen molar-refractivity contribution >= 4 is 27.4 Å². The molecular formula is C41H53N5O5S. The van der Waals surface area contributed by atoms with Crippen molar-refractivity contribution in [2.45, 2.75) is 94.8 Å². The van der Waals surface area contributed by atoms with Gasteiger partial charge in [0.2, 0.25) is 5.91 Å². The zero-order valence-electron chi connectivity index (χ0n) is 31.0. The Morgan fingerprint density at radius 2 is 2.02 bits per heavy atom. The first-order chi connectivity index (χ1) is 25.1. The maximum Gasteiger partial charge on any atom is 0.286 e. The predicted octanol–water partition coefficient (Wildman–Crippen LogP) is 6.64. The van der Waals surface area contributed by atoms with Gasteiger partial charge in [-0.05, 0) is 112 Å². The van der Waals surface area contributed by atoms with E-state index in [1.807, 2.05) is 32.2 Å². The monoisotopic (exact) mass is 727 g/mol. The minimum atomic E-state index is -3.49. The van der Waals surface area contributed by atoms with Crippen LogP contribution in [0.25, 0.3) is 0 Å². The van der Waals surface area contributed by atoms with E-state index in [-0.39, 0.29) is 17.9 Å². The molecule has 1 N–H and O–H groups in total. The van der Waals surface area contributed by atoms with Crippen LogP contribution >= 0.6 is 0 Å². The summed E-state index contributed by atoms with van der Waals surface area (Å²) in [6.45, 7) is 6.22. The number of anilines is 1. The number of hydrogen-bond acceptors (Lipinski definition) is 7. The Labute approximate surface area is 308 Å². The van der Waals surface area contributed by atoms with Gasteiger partial charge in [-0.25, -0.2) is 4.21 Å². The Morgan fingerprint density at radius 1 is 1.15 bits per heavy atom. The first-order valence-electron chi connectivity index (χ1n) is 19.0. The van der Waals surface area contributed by atoms with E-state index in [4.69, 9.17) is 9.47 Å². The highest BCUT2D eigenvalue weighted by Gasteiger charge is 2.44. The quantitative estimate of drug-likeness (QED) is 0.283. The van der Waals surface area contributed by atoms with Crippen molar-refractivity contribution in [3.8, 4) is 5.75 Å². The molecule has 2 aromatic carbocycles. The second-order valence-electron chi connectivity index (χ2n) is 15.3. The largest absolute Gasteiger partial charge is 0.490 e. The summed E-state index contributed by atoms with van der Waals surface area (Å²) in [5.41, 5.74) is 5.92. The number of allylic oxidation sites excluding steroid dienone is 1. The molecule has 1 aromatic heterocycles. The van der Waals surface area contributed by atoms with Crippen LogP contribution in [0.5, 0.6) is 5.75 Å². The van der Waals surface area contributed by atoms with Gasteiger partial charge in [0.05, 0.1) is 23.6 Å². The SMILES string of the molecule is CCC1CC/C=C/C(OC)C2CCC2CN2CC3(CCCc4cc(C)ccc43)COc3ccc(cc32)C(=O)N=S1(=O)NC(=O)CCc1ccnn1C. The zero-order valence-corrected chi connectivity index (χ0v) is 31.8. The third-order valence-corrected chi connectivity index (χ3v) is 14.4. The van der Waals surface area contributed by atoms with Crippen LogP contribution < -0.4 is 14.4 Å². The molecular weight excluding hydrogens is 675 g/mol. The van der Waals surface area contributed by atoms with E-state index in [1.165, 1.54) is 16.7 Å². The van der Waals surface area contributed by atoms with Gasteiger partial charge < -0.3 is 14.4 Å². The molecule has 0 radical (unpaired) electrons. The number of aryl methyl sites for hydroxylation is 4. The molecule has 11 heteroatoms. The molecule has 6 atom stereocenters. The molecule has 3 aromatic rings. The molecule has 1 fully saturated rings. The summed E-state index contributed by atoms with van der Waals surface area (Å²) in [5.74, 6) is 0.516. The summed E-state index contributed by atoms with van der Waals surface area (Å²) in [7, 11) is 0.117. The van der Waals surface area contributed by atoms with Crippen LogP contribution in [0.15, 0.2) is 65.2 Å².